The summed E-state index contributed by atoms with van der Waals surface area (Å²) < 4.78 is 0. The van der Waals surface area contributed by atoms with E-state index >= 15 is 0 Å². The van der Waals surface area contributed by atoms with Crippen LogP contribution in [0.15, 0.2) is 121 Å². The molecule has 30 heavy (non-hydrogen) atoms. The van der Waals surface area contributed by atoms with Crippen LogP contribution in [-0.2, 0) is 0 Å². The first kappa shape index (κ1) is 19.5. The van der Waals surface area contributed by atoms with E-state index in [0.29, 0.717) is 0 Å². The number of allylic oxidation sites excluding steroid dienone is 3. The van der Waals surface area contributed by atoms with Crippen molar-refractivity contribution in [3.05, 3.63) is 144 Å². The minimum absolute atomic E-state index is 0.774. The van der Waals surface area contributed by atoms with Gasteiger partial charge in [0.25, 0.3) is 0 Å². The second-order valence-electron chi connectivity index (χ2n) is 7.25. The van der Waals surface area contributed by atoms with Crippen molar-refractivity contribution in [1.82, 2.24) is 0 Å². The predicted octanol–water partition coefficient (Wildman–Crippen LogP) is 7.14. The van der Waals surface area contributed by atoms with Crippen molar-refractivity contribution in [1.29, 1.82) is 0 Å². The Morgan fingerprint density at radius 2 is 0.767 bits per heavy atom. The van der Waals surface area contributed by atoms with Crippen molar-refractivity contribution in [3.63, 3.8) is 0 Å². The third kappa shape index (κ3) is 4.11. The first-order chi connectivity index (χ1) is 14.8. The normalized spacial score (nSPS) is 12.7. The number of benzene rings is 4. The highest BCUT2D eigenvalue weighted by atomic mass is 14.6. The third-order valence-corrected chi connectivity index (χ3v) is 5.31. The summed E-state index contributed by atoms with van der Waals surface area (Å²) in [5.41, 5.74) is 15.5. The van der Waals surface area contributed by atoms with Gasteiger partial charge in [-0.3, -0.25) is 0 Å². The standard InChI is InChI=1S/C29H25N/c1-22(23-14-6-2-7-15-23)27(24-16-8-3-9-17-24)28(25-18-10-4-11-19-25)29(30)26-20-12-5-13-21-26/h2-21H,30H2,1H3/b27-22+,29-28-. The molecule has 0 atom stereocenters. The van der Waals surface area contributed by atoms with Gasteiger partial charge < -0.3 is 5.73 Å². The summed E-state index contributed by atoms with van der Waals surface area (Å²) in [5.74, 6) is 0. The van der Waals surface area contributed by atoms with Crippen LogP contribution in [0.3, 0.4) is 0 Å². The first-order valence-corrected chi connectivity index (χ1v) is 10.2. The Morgan fingerprint density at radius 1 is 0.433 bits per heavy atom. The van der Waals surface area contributed by atoms with E-state index in [1.54, 1.807) is 0 Å². The Bertz CT molecular complexity index is 1060. The molecular weight excluding hydrogens is 362 g/mol. The fourth-order valence-electron chi connectivity index (χ4n) is 3.79. The van der Waals surface area contributed by atoms with Gasteiger partial charge in [-0.15, -0.1) is 0 Å². The zero-order valence-corrected chi connectivity index (χ0v) is 17.1. The predicted molar refractivity (Wildman–Crippen MR) is 129 cm³/mol. The highest BCUT2D eigenvalue weighted by Crippen LogP contribution is 2.40. The number of hydrogen-bond donors (Lipinski definition) is 1. The Kier molecular flexibility index (Phi) is 5.91. The molecule has 0 amide bonds. The highest BCUT2D eigenvalue weighted by Gasteiger charge is 2.18. The smallest absolute Gasteiger partial charge is 0.0473 e. The van der Waals surface area contributed by atoms with Crippen LogP contribution >= 0.6 is 0 Å². The van der Waals surface area contributed by atoms with Crippen molar-refractivity contribution in [3.8, 4) is 0 Å². The first-order valence-electron chi connectivity index (χ1n) is 10.2. The Labute approximate surface area is 178 Å². The lowest BCUT2D eigenvalue weighted by Crippen LogP contribution is -2.05. The van der Waals surface area contributed by atoms with Gasteiger partial charge in [0.05, 0.1) is 0 Å². The van der Waals surface area contributed by atoms with Crippen LogP contribution in [0.4, 0.5) is 0 Å². The van der Waals surface area contributed by atoms with Crippen LogP contribution in [-0.4, -0.2) is 0 Å². The average Bonchev–Trinajstić information content (AvgIpc) is 2.84. The van der Waals surface area contributed by atoms with Crippen molar-refractivity contribution < 1.29 is 0 Å². The van der Waals surface area contributed by atoms with Crippen LogP contribution < -0.4 is 5.73 Å². The lowest BCUT2D eigenvalue weighted by Gasteiger charge is -2.20. The second kappa shape index (κ2) is 9.11. The molecule has 0 radical (unpaired) electrons. The van der Waals surface area contributed by atoms with E-state index < -0.39 is 0 Å². The molecule has 2 N–H and O–H groups in total. The summed E-state index contributed by atoms with van der Waals surface area (Å²) >= 11 is 0. The molecular formula is C29H25N. The third-order valence-electron chi connectivity index (χ3n) is 5.31. The maximum absolute atomic E-state index is 6.87. The van der Waals surface area contributed by atoms with Gasteiger partial charge in [-0.2, -0.15) is 0 Å². The van der Waals surface area contributed by atoms with Crippen molar-refractivity contribution in [2.45, 2.75) is 6.92 Å². The van der Waals surface area contributed by atoms with Crippen LogP contribution in [0, 0.1) is 0 Å². The van der Waals surface area contributed by atoms with Crippen LogP contribution in [0.25, 0.3) is 22.4 Å². The molecule has 0 fully saturated rings. The number of hydrogen-bond acceptors (Lipinski definition) is 1. The van der Waals surface area contributed by atoms with E-state index in [1.807, 2.05) is 36.4 Å². The van der Waals surface area contributed by atoms with E-state index in [0.717, 1.165) is 33.5 Å². The van der Waals surface area contributed by atoms with Gasteiger partial charge in [0.15, 0.2) is 0 Å². The molecule has 1 nitrogen and oxygen atoms in total. The topological polar surface area (TPSA) is 26.0 Å². The Balaban J connectivity index is 2.07. The summed E-state index contributed by atoms with van der Waals surface area (Å²) in [7, 11) is 0. The molecule has 4 aromatic carbocycles. The van der Waals surface area contributed by atoms with E-state index in [4.69, 9.17) is 5.73 Å². The van der Waals surface area contributed by atoms with Crippen LogP contribution in [0.2, 0.25) is 0 Å². The molecule has 146 valence electrons. The molecule has 4 aromatic rings. The molecule has 0 heterocycles. The van der Waals surface area contributed by atoms with Crippen LogP contribution in [0.5, 0.6) is 0 Å². The average molecular weight is 388 g/mol. The quantitative estimate of drug-likeness (QED) is 0.286. The maximum Gasteiger partial charge on any atom is 0.0473 e. The van der Waals surface area contributed by atoms with Gasteiger partial charge in [0, 0.05) is 11.3 Å². The molecule has 0 spiro atoms. The summed E-state index contributed by atoms with van der Waals surface area (Å²) in [6.07, 6.45) is 0. The lowest BCUT2D eigenvalue weighted by atomic mass is 9.84. The van der Waals surface area contributed by atoms with Crippen LogP contribution in [0.1, 0.15) is 29.2 Å². The van der Waals surface area contributed by atoms with Gasteiger partial charge >= 0.3 is 0 Å². The van der Waals surface area contributed by atoms with Crippen molar-refractivity contribution in [2.75, 3.05) is 0 Å². The van der Waals surface area contributed by atoms with Crippen molar-refractivity contribution >= 4 is 22.4 Å². The summed E-state index contributed by atoms with van der Waals surface area (Å²) in [4.78, 5) is 0. The second-order valence-corrected chi connectivity index (χ2v) is 7.25. The molecule has 0 saturated heterocycles. The van der Waals surface area contributed by atoms with Gasteiger partial charge in [0.2, 0.25) is 0 Å². The minimum Gasteiger partial charge on any atom is -0.398 e. The molecule has 0 aliphatic rings. The molecule has 0 bridgehead atoms. The fraction of sp³-hybridized carbons (Fsp3) is 0.0345. The minimum atomic E-state index is 0.774. The Morgan fingerprint density at radius 3 is 1.20 bits per heavy atom. The highest BCUT2D eigenvalue weighted by molar-refractivity contribution is 6.20. The van der Waals surface area contributed by atoms with Gasteiger partial charge in [-0.1, -0.05) is 121 Å². The molecule has 1 heteroatoms. The maximum atomic E-state index is 6.87. The number of rotatable bonds is 5. The van der Waals surface area contributed by atoms with Gasteiger partial charge in [0.1, 0.15) is 0 Å². The molecule has 0 aromatic heterocycles. The molecule has 0 unspecified atom stereocenters. The zero-order valence-electron chi connectivity index (χ0n) is 17.1. The monoisotopic (exact) mass is 387 g/mol. The molecule has 0 aliphatic heterocycles. The summed E-state index contributed by atoms with van der Waals surface area (Å²) in [6, 6.07) is 41.7. The molecule has 0 aliphatic carbocycles. The van der Waals surface area contributed by atoms with E-state index in [1.165, 1.54) is 11.1 Å². The van der Waals surface area contributed by atoms with Crippen molar-refractivity contribution in [2.24, 2.45) is 5.73 Å². The summed E-state index contributed by atoms with van der Waals surface area (Å²) in [5, 5.41) is 0. The van der Waals surface area contributed by atoms with E-state index in [-0.39, 0.29) is 0 Å². The zero-order chi connectivity index (χ0) is 20.8. The Hall–Kier alpha value is -3.84. The van der Waals surface area contributed by atoms with E-state index in [2.05, 4.69) is 91.9 Å². The van der Waals surface area contributed by atoms with Gasteiger partial charge in [-0.05, 0) is 40.3 Å². The lowest BCUT2D eigenvalue weighted by molar-refractivity contribution is 1.49. The SMILES string of the molecule is C/C(=C(\C(=C(/N)c1ccccc1)c1ccccc1)c1ccccc1)c1ccccc1. The van der Waals surface area contributed by atoms with Gasteiger partial charge in [-0.25, -0.2) is 0 Å². The summed E-state index contributed by atoms with van der Waals surface area (Å²) in [6.45, 7) is 2.18. The van der Waals surface area contributed by atoms with E-state index in [9.17, 15) is 0 Å². The largest absolute Gasteiger partial charge is 0.398 e. The molecule has 0 saturated carbocycles. The molecule has 4 rings (SSSR count). The number of nitrogens with two attached hydrogens (primary N) is 1. The fourth-order valence-corrected chi connectivity index (χ4v) is 3.79.